The Hall–Kier alpha value is -4.14. The van der Waals surface area contributed by atoms with E-state index in [2.05, 4.69) is 32.1 Å². The van der Waals surface area contributed by atoms with Gasteiger partial charge in [0, 0.05) is 16.4 Å². The summed E-state index contributed by atoms with van der Waals surface area (Å²) in [5.74, 6) is 0.492. The molecular formula is C29H25ClN6OS. The Bertz CT molecular complexity index is 1570. The lowest BCUT2D eigenvalue weighted by molar-refractivity contribution is -0.120. The lowest BCUT2D eigenvalue weighted by atomic mass is 10.1. The first-order valence-corrected chi connectivity index (χ1v) is 13.3. The van der Waals surface area contributed by atoms with E-state index in [0.717, 1.165) is 33.5 Å². The van der Waals surface area contributed by atoms with Crippen LogP contribution in [0.1, 0.15) is 18.3 Å². The molecule has 1 aromatic heterocycles. The SMILES string of the molecule is C[C@H](Sc1nnc(CNc2ccc(Cl)cc2)n1-c1ccccc1)C(=O)N/N=C\c1ccc2ccccc2c1. The third-order valence-electron chi connectivity index (χ3n) is 5.82. The molecule has 0 saturated carbocycles. The van der Waals surface area contributed by atoms with E-state index in [0.29, 0.717) is 16.7 Å². The monoisotopic (exact) mass is 540 g/mol. The highest BCUT2D eigenvalue weighted by molar-refractivity contribution is 8.00. The molecule has 1 atom stereocenters. The summed E-state index contributed by atoms with van der Waals surface area (Å²) in [4.78, 5) is 12.8. The molecule has 1 heterocycles. The maximum absolute atomic E-state index is 12.8. The van der Waals surface area contributed by atoms with Crippen LogP contribution in [0.25, 0.3) is 16.5 Å². The Morgan fingerprint density at radius 3 is 2.50 bits per heavy atom. The van der Waals surface area contributed by atoms with Gasteiger partial charge in [0.1, 0.15) is 0 Å². The Kier molecular flexibility index (Phi) is 8.01. The van der Waals surface area contributed by atoms with Crippen LogP contribution in [0.4, 0.5) is 5.69 Å². The summed E-state index contributed by atoms with van der Waals surface area (Å²) in [7, 11) is 0. The van der Waals surface area contributed by atoms with Gasteiger partial charge in [-0.15, -0.1) is 10.2 Å². The third kappa shape index (κ3) is 6.22. The number of thioether (sulfide) groups is 1. The molecule has 7 nitrogen and oxygen atoms in total. The Morgan fingerprint density at radius 2 is 1.71 bits per heavy atom. The summed E-state index contributed by atoms with van der Waals surface area (Å²) in [5.41, 5.74) is 5.39. The second kappa shape index (κ2) is 11.9. The zero-order chi connectivity index (χ0) is 26.3. The van der Waals surface area contributed by atoms with E-state index in [-0.39, 0.29) is 5.91 Å². The maximum Gasteiger partial charge on any atom is 0.253 e. The van der Waals surface area contributed by atoms with Gasteiger partial charge in [0.05, 0.1) is 18.0 Å². The summed E-state index contributed by atoms with van der Waals surface area (Å²) in [6.45, 7) is 2.27. The molecule has 5 aromatic rings. The van der Waals surface area contributed by atoms with Crippen molar-refractivity contribution in [3.8, 4) is 5.69 Å². The molecule has 0 aliphatic rings. The molecule has 2 N–H and O–H groups in total. The number of halogens is 1. The second-order valence-electron chi connectivity index (χ2n) is 8.53. The van der Waals surface area contributed by atoms with Crippen LogP contribution in [0.15, 0.2) is 107 Å². The van der Waals surface area contributed by atoms with E-state index in [9.17, 15) is 4.79 Å². The molecule has 5 rings (SSSR count). The Morgan fingerprint density at radius 1 is 0.974 bits per heavy atom. The molecule has 4 aromatic carbocycles. The first kappa shape index (κ1) is 25.5. The average Bonchev–Trinajstić information content (AvgIpc) is 3.35. The number of anilines is 1. The van der Waals surface area contributed by atoms with E-state index >= 15 is 0 Å². The summed E-state index contributed by atoms with van der Waals surface area (Å²) in [5, 5.41) is 19.4. The van der Waals surface area contributed by atoms with Gasteiger partial charge in [0.25, 0.3) is 5.91 Å². The highest BCUT2D eigenvalue weighted by atomic mass is 35.5. The van der Waals surface area contributed by atoms with Crippen molar-refractivity contribution in [1.82, 2.24) is 20.2 Å². The van der Waals surface area contributed by atoms with Crippen LogP contribution in [-0.2, 0) is 11.3 Å². The highest BCUT2D eigenvalue weighted by Gasteiger charge is 2.21. The number of fused-ring (bicyclic) bond motifs is 1. The lowest BCUT2D eigenvalue weighted by Gasteiger charge is -2.13. The van der Waals surface area contributed by atoms with Crippen LogP contribution in [0.5, 0.6) is 0 Å². The quantitative estimate of drug-likeness (QED) is 0.130. The summed E-state index contributed by atoms with van der Waals surface area (Å²) in [6.07, 6.45) is 1.65. The second-order valence-corrected chi connectivity index (χ2v) is 10.3. The van der Waals surface area contributed by atoms with Gasteiger partial charge in [-0.2, -0.15) is 5.10 Å². The highest BCUT2D eigenvalue weighted by Crippen LogP contribution is 2.26. The minimum atomic E-state index is -0.451. The minimum absolute atomic E-state index is 0.226. The van der Waals surface area contributed by atoms with Crippen molar-refractivity contribution >= 4 is 51.9 Å². The fourth-order valence-corrected chi connectivity index (χ4v) is 4.84. The molecule has 9 heteroatoms. The number of nitrogens with zero attached hydrogens (tertiary/aromatic N) is 4. The predicted molar refractivity (Wildman–Crippen MR) is 155 cm³/mol. The fourth-order valence-electron chi connectivity index (χ4n) is 3.84. The van der Waals surface area contributed by atoms with Crippen molar-refractivity contribution in [1.29, 1.82) is 0 Å². The predicted octanol–water partition coefficient (Wildman–Crippen LogP) is 6.32. The largest absolute Gasteiger partial charge is 0.378 e. The summed E-state index contributed by atoms with van der Waals surface area (Å²) in [6, 6.07) is 31.5. The number of nitrogens with one attached hydrogen (secondary N) is 2. The lowest BCUT2D eigenvalue weighted by Crippen LogP contribution is -2.27. The minimum Gasteiger partial charge on any atom is -0.378 e. The smallest absolute Gasteiger partial charge is 0.253 e. The molecule has 0 aliphatic carbocycles. The molecule has 0 fully saturated rings. The van der Waals surface area contributed by atoms with Gasteiger partial charge >= 0.3 is 0 Å². The van der Waals surface area contributed by atoms with Crippen LogP contribution in [0.2, 0.25) is 5.02 Å². The summed E-state index contributed by atoms with van der Waals surface area (Å²) < 4.78 is 1.95. The maximum atomic E-state index is 12.8. The number of para-hydroxylation sites is 1. The van der Waals surface area contributed by atoms with Crippen LogP contribution in [-0.4, -0.2) is 32.1 Å². The average molecular weight is 541 g/mol. The van der Waals surface area contributed by atoms with Crippen LogP contribution in [0, 0.1) is 0 Å². The molecule has 190 valence electrons. The van der Waals surface area contributed by atoms with Gasteiger partial charge in [-0.25, -0.2) is 5.43 Å². The first-order chi connectivity index (χ1) is 18.6. The molecule has 1 amide bonds. The molecule has 38 heavy (non-hydrogen) atoms. The van der Waals surface area contributed by atoms with Gasteiger partial charge in [-0.05, 0) is 65.7 Å². The van der Waals surface area contributed by atoms with E-state index < -0.39 is 5.25 Å². The van der Waals surface area contributed by atoms with Gasteiger partial charge in [-0.1, -0.05) is 78.0 Å². The zero-order valence-electron chi connectivity index (χ0n) is 20.6. The Labute approximate surface area is 229 Å². The number of rotatable bonds is 9. The number of benzene rings is 4. The number of carbonyl (C=O) groups excluding carboxylic acids is 1. The molecule has 0 unspecified atom stereocenters. The van der Waals surface area contributed by atoms with Crippen LogP contribution in [0.3, 0.4) is 0 Å². The molecular weight excluding hydrogens is 516 g/mol. The van der Waals surface area contributed by atoms with Crippen molar-refractivity contribution in [3.63, 3.8) is 0 Å². The Balaban J connectivity index is 1.27. The van der Waals surface area contributed by atoms with Crippen LogP contribution < -0.4 is 10.7 Å². The van der Waals surface area contributed by atoms with Gasteiger partial charge in [-0.3, -0.25) is 9.36 Å². The molecule has 0 saturated heterocycles. The number of hydrogen-bond donors (Lipinski definition) is 2. The van der Waals surface area contributed by atoms with Crippen molar-refractivity contribution in [2.24, 2.45) is 5.10 Å². The first-order valence-electron chi connectivity index (χ1n) is 12.0. The van der Waals surface area contributed by atoms with Crippen molar-refractivity contribution in [2.75, 3.05) is 5.32 Å². The van der Waals surface area contributed by atoms with Crippen LogP contribution >= 0.6 is 23.4 Å². The van der Waals surface area contributed by atoms with E-state index in [1.165, 1.54) is 11.8 Å². The number of aromatic nitrogens is 3. The molecule has 0 spiro atoms. The van der Waals surface area contributed by atoms with E-state index in [1.54, 1.807) is 6.21 Å². The summed E-state index contributed by atoms with van der Waals surface area (Å²) >= 11 is 7.32. The van der Waals surface area contributed by atoms with Gasteiger partial charge in [0.15, 0.2) is 11.0 Å². The zero-order valence-corrected chi connectivity index (χ0v) is 22.2. The molecule has 0 radical (unpaired) electrons. The fraction of sp³-hybridized carbons (Fsp3) is 0.103. The van der Waals surface area contributed by atoms with Gasteiger partial charge < -0.3 is 5.32 Å². The molecule has 0 aliphatic heterocycles. The number of hydrazone groups is 1. The number of hydrogen-bond acceptors (Lipinski definition) is 6. The number of amides is 1. The van der Waals surface area contributed by atoms with Gasteiger partial charge in [0.2, 0.25) is 0 Å². The topological polar surface area (TPSA) is 84.2 Å². The van der Waals surface area contributed by atoms with E-state index in [1.807, 2.05) is 102 Å². The van der Waals surface area contributed by atoms with Crippen molar-refractivity contribution < 1.29 is 4.79 Å². The van der Waals surface area contributed by atoms with E-state index in [4.69, 9.17) is 11.6 Å². The van der Waals surface area contributed by atoms with Crippen molar-refractivity contribution in [2.45, 2.75) is 23.9 Å². The van der Waals surface area contributed by atoms with Crippen molar-refractivity contribution in [3.05, 3.63) is 113 Å². The molecule has 0 bridgehead atoms. The standard InChI is InChI=1S/C29H25ClN6OS/c1-20(28(37)34-32-18-21-11-12-22-7-5-6-8-23(22)17-21)38-29-35-33-27(36(29)26-9-3-2-4-10-26)19-31-25-15-13-24(30)14-16-25/h2-18,20,31H,19H2,1H3,(H,34,37)/b32-18-/t20-/m0/s1. The normalized spacial score (nSPS) is 12.1. The number of carbonyl (C=O) groups is 1. The third-order valence-corrected chi connectivity index (χ3v) is 7.12.